The summed E-state index contributed by atoms with van der Waals surface area (Å²) >= 11 is 6.18. The number of aromatic nitrogens is 4. The number of benzene rings is 1. The summed E-state index contributed by atoms with van der Waals surface area (Å²) in [5.74, 6) is 1.55. The van der Waals surface area contributed by atoms with E-state index in [2.05, 4.69) is 32.5 Å². The number of carbonyl (C=O) groups is 1. The number of rotatable bonds is 3. The second-order valence-corrected chi connectivity index (χ2v) is 9.92. The van der Waals surface area contributed by atoms with E-state index in [1.165, 1.54) is 0 Å². The summed E-state index contributed by atoms with van der Waals surface area (Å²) in [7, 11) is 2.02. The van der Waals surface area contributed by atoms with Gasteiger partial charge in [-0.05, 0) is 38.8 Å². The lowest BCUT2D eigenvalue weighted by atomic mass is 10.0. The van der Waals surface area contributed by atoms with Crippen molar-refractivity contribution in [3.05, 3.63) is 64.0 Å². The molecule has 6 rings (SSSR count). The van der Waals surface area contributed by atoms with Gasteiger partial charge >= 0.3 is 0 Å². The zero-order valence-corrected chi connectivity index (χ0v) is 20.3. The minimum Gasteiger partial charge on any atom is -0.371 e. The van der Waals surface area contributed by atoms with Gasteiger partial charge in [0.15, 0.2) is 5.82 Å². The second-order valence-electron chi connectivity index (χ2n) is 9.49. The van der Waals surface area contributed by atoms with Gasteiger partial charge in [0, 0.05) is 48.2 Å². The lowest BCUT2D eigenvalue weighted by Crippen LogP contribution is -2.46. The fourth-order valence-electron chi connectivity index (χ4n) is 5.42. The number of morpholine rings is 1. The maximum Gasteiger partial charge on any atom is 0.225 e. The Morgan fingerprint density at radius 1 is 1.12 bits per heavy atom. The predicted molar refractivity (Wildman–Crippen MR) is 129 cm³/mol. The largest absolute Gasteiger partial charge is 0.371 e. The topological polar surface area (TPSA) is 77.5 Å². The zero-order chi connectivity index (χ0) is 23.6. The van der Waals surface area contributed by atoms with Crippen LogP contribution in [0.3, 0.4) is 0 Å². The molecule has 2 bridgehead atoms. The number of halogens is 1. The molecule has 0 saturated carbocycles. The molecule has 3 aliphatic heterocycles. The molecule has 0 N–H and O–H groups in total. The van der Waals surface area contributed by atoms with Crippen LogP contribution < -0.4 is 0 Å². The molecule has 1 aromatic carbocycles. The van der Waals surface area contributed by atoms with Gasteiger partial charge in [0.1, 0.15) is 11.9 Å². The third-order valence-electron chi connectivity index (χ3n) is 7.26. The average molecular weight is 479 g/mol. The van der Waals surface area contributed by atoms with E-state index in [9.17, 15) is 4.79 Å². The van der Waals surface area contributed by atoms with E-state index in [1.807, 2.05) is 43.1 Å². The molecule has 0 radical (unpaired) electrons. The maximum absolute atomic E-state index is 13.5. The van der Waals surface area contributed by atoms with Crippen molar-refractivity contribution in [2.45, 2.75) is 51.4 Å². The predicted octanol–water partition coefficient (Wildman–Crippen LogP) is 3.55. The molecule has 3 atom stereocenters. The minimum absolute atomic E-state index is 0.0838. The molecule has 0 aliphatic carbocycles. The molecule has 3 unspecified atom stereocenters. The monoisotopic (exact) mass is 478 g/mol. The Kier molecular flexibility index (Phi) is 5.11. The van der Waals surface area contributed by atoms with Gasteiger partial charge < -0.3 is 14.2 Å². The summed E-state index contributed by atoms with van der Waals surface area (Å²) in [4.78, 5) is 20.6. The number of likely N-dealkylation sites (tertiary alicyclic amines) is 1. The normalized spacial score (nSPS) is 23.4. The Bertz CT molecular complexity index is 1300. The van der Waals surface area contributed by atoms with Crippen molar-refractivity contribution in [3.8, 4) is 5.69 Å². The quantitative estimate of drug-likeness (QED) is 0.576. The second kappa shape index (κ2) is 8.06. The highest BCUT2D eigenvalue weighted by Gasteiger charge is 2.38. The lowest BCUT2D eigenvalue weighted by Gasteiger charge is -2.32. The van der Waals surface area contributed by atoms with Crippen molar-refractivity contribution >= 4 is 23.2 Å². The summed E-state index contributed by atoms with van der Waals surface area (Å²) < 4.78 is 10.1. The summed E-state index contributed by atoms with van der Waals surface area (Å²) in [5, 5.41) is 9.53. The van der Waals surface area contributed by atoms with Gasteiger partial charge in [-0.3, -0.25) is 14.4 Å². The number of hydrogen-bond acceptors (Lipinski definition) is 5. The highest BCUT2D eigenvalue weighted by molar-refractivity contribution is 6.30. The minimum atomic E-state index is -0.447. The van der Waals surface area contributed by atoms with Crippen LogP contribution in [0.5, 0.6) is 0 Å². The summed E-state index contributed by atoms with van der Waals surface area (Å²) in [6, 6.07) is 7.26. The van der Waals surface area contributed by atoms with Gasteiger partial charge in [0.25, 0.3) is 0 Å². The number of ether oxygens (including phenoxy) is 1. The Balaban J connectivity index is 1.45. The van der Waals surface area contributed by atoms with Gasteiger partial charge in [-0.2, -0.15) is 0 Å². The third-order valence-corrected chi connectivity index (χ3v) is 7.51. The zero-order valence-electron chi connectivity index (χ0n) is 19.5. The number of aliphatic imine (C=N–C) groups is 1. The van der Waals surface area contributed by atoms with Crippen LogP contribution in [0.25, 0.3) is 5.69 Å². The van der Waals surface area contributed by atoms with E-state index in [0.29, 0.717) is 23.9 Å². The van der Waals surface area contributed by atoms with Gasteiger partial charge in [0.05, 0.1) is 30.0 Å². The molecule has 2 fully saturated rings. The smallest absolute Gasteiger partial charge is 0.225 e. The highest BCUT2D eigenvalue weighted by Crippen LogP contribution is 2.36. The Morgan fingerprint density at radius 2 is 1.82 bits per heavy atom. The average Bonchev–Trinajstić information content (AvgIpc) is 3.43. The maximum atomic E-state index is 13.5. The molecule has 8 nitrogen and oxygen atoms in total. The van der Waals surface area contributed by atoms with E-state index < -0.39 is 6.04 Å². The van der Waals surface area contributed by atoms with E-state index in [1.54, 1.807) is 0 Å². The van der Waals surface area contributed by atoms with Crippen LogP contribution in [0.4, 0.5) is 0 Å². The molecule has 3 aromatic rings. The Hall–Kier alpha value is -2.97. The van der Waals surface area contributed by atoms with Crippen LogP contribution in [0.1, 0.15) is 53.8 Å². The number of amides is 1. The molecule has 34 heavy (non-hydrogen) atoms. The first-order chi connectivity index (χ1) is 16.4. The van der Waals surface area contributed by atoms with Gasteiger partial charge in [-0.15, -0.1) is 10.2 Å². The first-order valence-corrected chi connectivity index (χ1v) is 12.1. The van der Waals surface area contributed by atoms with Crippen LogP contribution >= 0.6 is 11.6 Å². The van der Waals surface area contributed by atoms with E-state index in [0.717, 1.165) is 46.9 Å². The first kappa shape index (κ1) is 21.6. The lowest BCUT2D eigenvalue weighted by molar-refractivity contribution is -0.140. The molecule has 3 aliphatic rings. The van der Waals surface area contributed by atoms with Crippen molar-refractivity contribution in [1.29, 1.82) is 0 Å². The molecule has 176 valence electrons. The molecule has 0 spiro atoms. The highest BCUT2D eigenvalue weighted by atomic mass is 35.5. The van der Waals surface area contributed by atoms with E-state index in [4.69, 9.17) is 21.3 Å². The van der Waals surface area contributed by atoms with Crippen LogP contribution in [0, 0.1) is 13.8 Å². The van der Waals surface area contributed by atoms with Crippen molar-refractivity contribution in [3.63, 3.8) is 0 Å². The van der Waals surface area contributed by atoms with Crippen LogP contribution in [0.2, 0.25) is 5.02 Å². The number of hydrogen-bond donors (Lipinski definition) is 0. The van der Waals surface area contributed by atoms with Gasteiger partial charge in [-0.25, -0.2) is 0 Å². The van der Waals surface area contributed by atoms with E-state index >= 15 is 0 Å². The molecule has 5 heterocycles. The first-order valence-electron chi connectivity index (χ1n) is 11.7. The Morgan fingerprint density at radius 3 is 2.53 bits per heavy atom. The van der Waals surface area contributed by atoms with Crippen molar-refractivity contribution < 1.29 is 9.53 Å². The number of aryl methyl sites for hydroxylation is 2. The van der Waals surface area contributed by atoms with Gasteiger partial charge in [0.2, 0.25) is 5.91 Å². The van der Waals surface area contributed by atoms with Crippen molar-refractivity contribution in [2.75, 3.05) is 13.1 Å². The Labute approximate surface area is 203 Å². The molecular formula is C25H27ClN6O2. The molecule has 2 aromatic heterocycles. The molecular weight excluding hydrogens is 452 g/mol. The van der Waals surface area contributed by atoms with E-state index in [-0.39, 0.29) is 24.5 Å². The summed E-state index contributed by atoms with van der Waals surface area (Å²) in [6.45, 7) is 5.33. The third kappa shape index (κ3) is 3.47. The summed E-state index contributed by atoms with van der Waals surface area (Å²) in [5.41, 5.74) is 4.88. The van der Waals surface area contributed by atoms with Crippen LogP contribution in [-0.2, 0) is 16.6 Å². The molecule has 9 heteroatoms. The molecule has 1 amide bonds. The fraction of sp³-hybridized carbons (Fsp3) is 0.440. The van der Waals surface area contributed by atoms with Crippen LogP contribution in [0.15, 0.2) is 35.5 Å². The summed E-state index contributed by atoms with van der Waals surface area (Å²) in [6.07, 6.45) is 4.69. The van der Waals surface area contributed by atoms with Crippen molar-refractivity contribution in [1.82, 2.24) is 24.2 Å². The SMILES string of the molecule is Cc1c2c(cn1C)-n1c(C)nnc1C(CC(=O)N1CC3CCC(C1)O3)N=C2c1ccc(Cl)cc1. The molecule has 2 saturated heterocycles. The fourth-order valence-corrected chi connectivity index (χ4v) is 5.54. The number of carbonyl (C=O) groups excluding carboxylic acids is 1. The van der Waals surface area contributed by atoms with Crippen molar-refractivity contribution in [2.24, 2.45) is 12.0 Å². The van der Waals surface area contributed by atoms with Gasteiger partial charge in [-0.1, -0.05) is 23.7 Å². The van der Waals surface area contributed by atoms with Crippen LogP contribution in [-0.4, -0.2) is 61.1 Å². The number of nitrogens with zero attached hydrogens (tertiary/aromatic N) is 6. The number of fused-ring (bicyclic) bond motifs is 5. The standard InChI is InChI=1S/C25H27ClN6O2/c1-14-23-21(13-30(14)3)32-15(2)28-29-25(32)20(27-24(23)16-4-6-17(26)7-5-16)10-22(33)31-11-18-8-9-19(12-31)34-18/h4-7,13,18-20H,8-12H2,1-3H3.